The molecule has 0 spiro atoms. The molecule has 5 nitrogen and oxygen atoms in total. The first kappa shape index (κ1) is 16.7. The minimum absolute atomic E-state index is 0.254. The van der Waals surface area contributed by atoms with Gasteiger partial charge in [0.05, 0.1) is 12.7 Å². The van der Waals surface area contributed by atoms with Crippen LogP contribution in [0.5, 0.6) is 0 Å². The zero-order valence-corrected chi connectivity index (χ0v) is 14.9. The fraction of sp³-hybridized carbons (Fsp3) is 0.500. The number of morpholine rings is 1. The second-order valence-electron chi connectivity index (χ2n) is 5.43. The molecule has 0 radical (unpaired) electrons. The Morgan fingerprint density at radius 3 is 3.04 bits per heavy atom. The van der Waals surface area contributed by atoms with Crippen LogP contribution in [0, 0.1) is 0 Å². The predicted molar refractivity (Wildman–Crippen MR) is 96.3 cm³/mol. The van der Waals surface area contributed by atoms with Gasteiger partial charge in [-0.1, -0.05) is 53.4 Å². The van der Waals surface area contributed by atoms with Crippen molar-refractivity contribution in [1.29, 1.82) is 0 Å². The van der Waals surface area contributed by atoms with Crippen molar-refractivity contribution in [3.05, 3.63) is 35.9 Å². The number of aromatic nitrogens is 2. The number of hydrogen-bond acceptors (Lipinski definition) is 7. The van der Waals surface area contributed by atoms with Gasteiger partial charge in [-0.2, -0.15) is 0 Å². The molecule has 0 bridgehead atoms. The molecule has 1 aromatic heterocycles. The number of anilines is 1. The maximum Gasteiger partial charge on any atom is 0.206 e. The highest BCUT2D eigenvalue weighted by atomic mass is 32.2. The van der Waals surface area contributed by atoms with E-state index in [0.717, 1.165) is 48.0 Å². The van der Waals surface area contributed by atoms with Gasteiger partial charge in [0.2, 0.25) is 5.13 Å². The molecule has 1 aliphatic rings. The van der Waals surface area contributed by atoms with Gasteiger partial charge in [-0.15, -0.1) is 10.2 Å². The summed E-state index contributed by atoms with van der Waals surface area (Å²) < 4.78 is 6.90. The van der Waals surface area contributed by atoms with Crippen LogP contribution in [-0.4, -0.2) is 53.2 Å². The first-order valence-electron chi connectivity index (χ1n) is 7.91. The van der Waals surface area contributed by atoms with Gasteiger partial charge in [0.1, 0.15) is 0 Å². The molecule has 1 saturated heterocycles. The average molecular weight is 351 g/mol. The van der Waals surface area contributed by atoms with Crippen LogP contribution in [0.25, 0.3) is 0 Å². The van der Waals surface area contributed by atoms with Gasteiger partial charge in [0, 0.05) is 31.9 Å². The fourth-order valence-corrected chi connectivity index (χ4v) is 4.37. The number of thioether (sulfide) groups is 1. The van der Waals surface area contributed by atoms with Crippen molar-refractivity contribution >= 4 is 28.2 Å². The largest absolute Gasteiger partial charge is 0.375 e. The topological polar surface area (TPSA) is 50.3 Å². The Hall–Kier alpha value is -1.15. The maximum atomic E-state index is 5.90. The van der Waals surface area contributed by atoms with Gasteiger partial charge >= 0.3 is 0 Å². The highest BCUT2D eigenvalue weighted by molar-refractivity contribution is 8.01. The van der Waals surface area contributed by atoms with E-state index in [1.54, 1.807) is 23.1 Å². The van der Waals surface area contributed by atoms with Crippen molar-refractivity contribution in [2.45, 2.75) is 23.9 Å². The zero-order chi connectivity index (χ0) is 15.9. The van der Waals surface area contributed by atoms with Crippen molar-refractivity contribution < 1.29 is 4.74 Å². The molecular formula is C16H22N4OS2. The monoisotopic (exact) mass is 350 g/mol. The Balaban J connectivity index is 1.46. The number of rotatable bonds is 7. The molecule has 3 rings (SSSR count). The molecule has 1 aromatic carbocycles. The lowest BCUT2D eigenvalue weighted by Crippen LogP contribution is -2.43. The molecule has 0 aliphatic carbocycles. The van der Waals surface area contributed by atoms with Crippen LogP contribution in [-0.2, 0) is 11.3 Å². The van der Waals surface area contributed by atoms with E-state index in [-0.39, 0.29) is 6.10 Å². The van der Waals surface area contributed by atoms with Gasteiger partial charge < -0.3 is 10.1 Å². The Bertz CT molecular complexity index is 593. The fourth-order valence-electron chi connectivity index (χ4n) is 2.52. The summed E-state index contributed by atoms with van der Waals surface area (Å²) in [6.45, 7) is 6.71. The summed E-state index contributed by atoms with van der Waals surface area (Å²) >= 11 is 3.35. The van der Waals surface area contributed by atoms with Crippen molar-refractivity contribution in [3.63, 3.8) is 0 Å². The Kier molecular flexibility index (Phi) is 6.27. The number of nitrogens with zero attached hydrogens (tertiary/aromatic N) is 3. The molecule has 2 aromatic rings. The summed E-state index contributed by atoms with van der Waals surface area (Å²) in [5.41, 5.74) is 1.36. The smallest absolute Gasteiger partial charge is 0.206 e. The number of ether oxygens (including phenoxy) is 1. The Morgan fingerprint density at radius 1 is 1.35 bits per heavy atom. The Labute approximate surface area is 145 Å². The third kappa shape index (κ3) is 5.17. The summed E-state index contributed by atoms with van der Waals surface area (Å²) in [6, 6.07) is 10.6. The predicted octanol–water partition coefficient (Wildman–Crippen LogP) is 2.96. The minimum atomic E-state index is 0.254. The third-order valence-corrected chi connectivity index (χ3v) is 5.75. The summed E-state index contributed by atoms with van der Waals surface area (Å²) in [5, 5.41) is 12.4. The molecule has 23 heavy (non-hydrogen) atoms. The quantitative estimate of drug-likeness (QED) is 0.775. The highest BCUT2D eigenvalue weighted by Gasteiger charge is 2.21. The SMILES string of the molecule is CCNc1nnc(SC[C@@H]2CN(Cc3ccccc3)CCO2)s1. The molecule has 2 heterocycles. The normalized spacial score (nSPS) is 18.9. The van der Waals surface area contributed by atoms with E-state index in [0.29, 0.717) is 0 Å². The molecule has 1 atom stereocenters. The highest BCUT2D eigenvalue weighted by Crippen LogP contribution is 2.27. The molecule has 1 aliphatic heterocycles. The molecule has 124 valence electrons. The molecule has 1 N–H and O–H groups in total. The average Bonchev–Trinajstić information content (AvgIpc) is 3.02. The van der Waals surface area contributed by atoms with Crippen molar-refractivity contribution in [3.8, 4) is 0 Å². The zero-order valence-electron chi connectivity index (χ0n) is 13.3. The van der Waals surface area contributed by atoms with Crippen LogP contribution in [0.4, 0.5) is 5.13 Å². The number of hydrogen-bond donors (Lipinski definition) is 1. The third-order valence-electron chi connectivity index (χ3n) is 3.60. The van der Waals surface area contributed by atoms with Crippen molar-refractivity contribution in [2.75, 3.05) is 37.3 Å². The van der Waals surface area contributed by atoms with Crippen LogP contribution < -0.4 is 5.32 Å². The van der Waals surface area contributed by atoms with Gasteiger partial charge in [-0.25, -0.2) is 0 Å². The lowest BCUT2D eigenvalue weighted by molar-refractivity contribution is -0.0187. The van der Waals surface area contributed by atoms with Crippen LogP contribution in [0.1, 0.15) is 12.5 Å². The van der Waals surface area contributed by atoms with E-state index in [1.165, 1.54) is 5.56 Å². The van der Waals surface area contributed by atoms with Gasteiger partial charge in [-0.3, -0.25) is 4.90 Å². The first-order valence-corrected chi connectivity index (χ1v) is 9.71. The van der Waals surface area contributed by atoms with E-state index in [2.05, 4.69) is 57.7 Å². The number of benzene rings is 1. The van der Waals surface area contributed by atoms with Crippen LogP contribution in [0.2, 0.25) is 0 Å². The summed E-state index contributed by atoms with van der Waals surface area (Å²) in [5.74, 6) is 0.923. The molecular weight excluding hydrogens is 328 g/mol. The van der Waals surface area contributed by atoms with Crippen LogP contribution >= 0.6 is 23.1 Å². The van der Waals surface area contributed by atoms with Crippen LogP contribution in [0.3, 0.4) is 0 Å². The van der Waals surface area contributed by atoms with Crippen LogP contribution in [0.15, 0.2) is 34.7 Å². The standard InChI is InChI=1S/C16H22N4OS2/c1-2-17-15-18-19-16(23-15)22-12-14-11-20(8-9-21-14)10-13-6-4-3-5-7-13/h3-7,14H,2,8-12H2,1H3,(H,17,18)/t14-/m0/s1. The lowest BCUT2D eigenvalue weighted by Gasteiger charge is -2.32. The second-order valence-corrected chi connectivity index (χ2v) is 7.67. The summed E-state index contributed by atoms with van der Waals surface area (Å²) in [6.07, 6.45) is 0.254. The minimum Gasteiger partial charge on any atom is -0.375 e. The Morgan fingerprint density at radius 2 is 2.22 bits per heavy atom. The van der Waals surface area contributed by atoms with E-state index in [9.17, 15) is 0 Å². The maximum absolute atomic E-state index is 5.90. The van der Waals surface area contributed by atoms with Crippen molar-refractivity contribution in [1.82, 2.24) is 15.1 Å². The second kappa shape index (κ2) is 8.63. The number of nitrogens with one attached hydrogen (secondary N) is 1. The van der Waals surface area contributed by atoms with E-state index in [1.807, 2.05) is 0 Å². The van der Waals surface area contributed by atoms with E-state index < -0.39 is 0 Å². The van der Waals surface area contributed by atoms with Gasteiger partial charge in [-0.05, 0) is 12.5 Å². The van der Waals surface area contributed by atoms with Crippen molar-refractivity contribution in [2.24, 2.45) is 0 Å². The summed E-state index contributed by atoms with van der Waals surface area (Å²) in [7, 11) is 0. The van der Waals surface area contributed by atoms with E-state index >= 15 is 0 Å². The molecule has 0 unspecified atom stereocenters. The van der Waals surface area contributed by atoms with E-state index in [4.69, 9.17) is 4.74 Å². The summed E-state index contributed by atoms with van der Waals surface area (Å²) in [4.78, 5) is 2.47. The first-order chi connectivity index (χ1) is 11.3. The molecule has 0 saturated carbocycles. The van der Waals surface area contributed by atoms with Gasteiger partial charge in [0.15, 0.2) is 4.34 Å². The molecule has 0 amide bonds. The lowest BCUT2D eigenvalue weighted by atomic mass is 10.2. The molecule has 7 heteroatoms. The van der Waals surface area contributed by atoms with Gasteiger partial charge in [0.25, 0.3) is 0 Å². The molecule has 1 fully saturated rings.